The average molecular weight is 274 g/mol. The van der Waals surface area contributed by atoms with Gasteiger partial charge in [-0.3, -0.25) is 4.79 Å². The number of amides is 2. The fraction of sp³-hybridized carbons (Fsp3) is 0.357. The van der Waals surface area contributed by atoms with Crippen LogP contribution in [0, 0.1) is 5.92 Å². The number of carbonyl (C=O) groups is 2. The highest BCUT2D eigenvalue weighted by atomic mass is 16.6. The molecule has 0 saturated carbocycles. The molecule has 1 aromatic rings. The van der Waals surface area contributed by atoms with E-state index < -0.39 is 18.1 Å². The fourth-order valence-electron chi connectivity index (χ4n) is 2.40. The Labute approximate surface area is 115 Å². The summed E-state index contributed by atoms with van der Waals surface area (Å²) in [7, 11) is 0. The predicted octanol–water partition coefficient (Wildman–Crippen LogP) is 1.40. The summed E-state index contributed by atoms with van der Waals surface area (Å²) < 4.78 is 4.81. The number of oxime groups is 1. The summed E-state index contributed by atoms with van der Waals surface area (Å²) >= 11 is 0. The van der Waals surface area contributed by atoms with Crippen LogP contribution in [0.2, 0.25) is 0 Å². The number of cyclic esters (lactones) is 1. The first-order valence-electron chi connectivity index (χ1n) is 6.46. The molecule has 1 fully saturated rings. The molecule has 3 rings (SSSR count). The van der Waals surface area contributed by atoms with Gasteiger partial charge in [0, 0.05) is 5.56 Å². The second-order valence-corrected chi connectivity index (χ2v) is 4.73. The summed E-state index contributed by atoms with van der Waals surface area (Å²) in [5, 5.41) is 4.00. The normalized spacial score (nSPS) is 25.1. The second kappa shape index (κ2) is 4.96. The number of hydrogen-bond donors (Lipinski definition) is 0. The Bertz CT molecular complexity index is 570. The molecule has 2 aliphatic rings. The van der Waals surface area contributed by atoms with Crippen molar-refractivity contribution in [2.24, 2.45) is 11.1 Å². The van der Waals surface area contributed by atoms with Crippen molar-refractivity contribution >= 4 is 17.7 Å². The molecule has 0 aliphatic carbocycles. The summed E-state index contributed by atoms with van der Waals surface area (Å²) in [6.45, 7) is 2.29. The monoisotopic (exact) mass is 274 g/mol. The van der Waals surface area contributed by atoms with E-state index >= 15 is 0 Å². The molecule has 0 aromatic heterocycles. The second-order valence-electron chi connectivity index (χ2n) is 4.73. The number of benzene rings is 1. The summed E-state index contributed by atoms with van der Waals surface area (Å²) in [4.78, 5) is 30.4. The highest BCUT2D eigenvalue weighted by Crippen LogP contribution is 2.26. The molecule has 2 heterocycles. The van der Waals surface area contributed by atoms with E-state index in [9.17, 15) is 9.59 Å². The maximum Gasteiger partial charge on any atom is 0.416 e. The highest BCUT2D eigenvalue weighted by molar-refractivity contribution is 6.16. The van der Waals surface area contributed by atoms with E-state index in [1.807, 2.05) is 30.3 Å². The van der Waals surface area contributed by atoms with Gasteiger partial charge in [-0.15, -0.1) is 0 Å². The van der Waals surface area contributed by atoms with Crippen LogP contribution in [0.3, 0.4) is 0 Å². The zero-order valence-corrected chi connectivity index (χ0v) is 11.0. The van der Waals surface area contributed by atoms with Gasteiger partial charge in [-0.1, -0.05) is 35.5 Å². The van der Waals surface area contributed by atoms with Crippen molar-refractivity contribution < 1.29 is 19.2 Å². The van der Waals surface area contributed by atoms with Gasteiger partial charge >= 0.3 is 6.09 Å². The lowest BCUT2D eigenvalue weighted by atomic mass is 9.92. The number of nitrogens with zero attached hydrogens (tertiary/aromatic N) is 2. The Morgan fingerprint density at radius 3 is 2.75 bits per heavy atom. The van der Waals surface area contributed by atoms with Gasteiger partial charge in [0.1, 0.15) is 24.3 Å². The minimum Gasteiger partial charge on any atom is -0.447 e. The molecule has 1 aromatic carbocycles. The van der Waals surface area contributed by atoms with Gasteiger partial charge in [-0.05, 0) is 6.92 Å². The summed E-state index contributed by atoms with van der Waals surface area (Å²) in [5.41, 5.74) is 1.38. The molecule has 0 radical (unpaired) electrons. The Morgan fingerprint density at radius 2 is 2.10 bits per heavy atom. The smallest absolute Gasteiger partial charge is 0.416 e. The van der Waals surface area contributed by atoms with Gasteiger partial charge in [-0.25, -0.2) is 9.69 Å². The van der Waals surface area contributed by atoms with Gasteiger partial charge in [0.2, 0.25) is 5.91 Å². The molecular formula is C14H14N2O4. The van der Waals surface area contributed by atoms with Gasteiger partial charge in [-0.2, -0.15) is 0 Å². The van der Waals surface area contributed by atoms with Crippen LogP contribution < -0.4 is 0 Å². The zero-order valence-electron chi connectivity index (χ0n) is 11.0. The predicted molar refractivity (Wildman–Crippen MR) is 70.1 cm³/mol. The third-order valence-corrected chi connectivity index (χ3v) is 3.44. The number of ether oxygens (including phenoxy) is 1. The van der Waals surface area contributed by atoms with E-state index in [2.05, 4.69) is 5.16 Å². The lowest BCUT2D eigenvalue weighted by molar-refractivity contribution is -0.132. The molecule has 2 aliphatic heterocycles. The molecular weight excluding hydrogens is 260 g/mol. The standard InChI is InChI=1S/C14H14N2O4/c1-9-11(13(17)16-7-8-19-14(16)18)12(15-20-9)10-5-3-2-4-6-10/h2-6,9,11H,7-8H2,1H3/t9-,11-/m0/s1. The molecule has 0 unspecified atom stereocenters. The Hall–Kier alpha value is -2.37. The number of imide groups is 1. The summed E-state index contributed by atoms with van der Waals surface area (Å²) in [5.74, 6) is -0.900. The van der Waals surface area contributed by atoms with Crippen LogP contribution in [-0.2, 0) is 14.4 Å². The molecule has 2 atom stereocenters. The van der Waals surface area contributed by atoms with E-state index in [1.165, 1.54) is 0 Å². The number of carbonyl (C=O) groups excluding carboxylic acids is 2. The lowest BCUT2D eigenvalue weighted by Crippen LogP contribution is -2.42. The van der Waals surface area contributed by atoms with Crippen LogP contribution in [0.1, 0.15) is 12.5 Å². The van der Waals surface area contributed by atoms with Crippen molar-refractivity contribution in [2.75, 3.05) is 13.2 Å². The molecule has 20 heavy (non-hydrogen) atoms. The minimum absolute atomic E-state index is 0.240. The molecule has 6 heteroatoms. The largest absolute Gasteiger partial charge is 0.447 e. The Balaban J connectivity index is 1.89. The van der Waals surface area contributed by atoms with Gasteiger partial charge in [0.25, 0.3) is 0 Å². The van der Waals surface area contributed by atoms with Crippen LogP contribution in [0.15, 0.2) is 35.5 Å². The SMILES string of the molecule is C[C@@H]1ON=C(c2ccccc2)[C@H]1C(=O)N1CCOC1=O. The van der Waals surface area contributed by atoms with Crippen molar-refractivity contribution in [3.05, 3.63) is 35.9 Å². The van der Waals surface area contributed by atoms with Crippen LogP contribution in [0.25, 0.3) is 0 Å². The maximum absolute atomic E-state index is 12.5. The summed E-state index contributed by atoms with van der Waals surface area (Å²) in [6, 6.07) is 9.35. The summed E-state index contributed by atoms with van der Waals surface area (Å²) in [6.07, 6.45) is -0.993. The van der Waals surface area contributed by atoms with Crippen molar-refractivity contribution in [2.45, 2.75) is 13.0 Å². The first-order chi connectivity index (χ1) is 9.68. The first kappa shape index (κ1) is 12.7. The van der Waals surface area contributed by atoms with Crippen LogP contribution in [0.5, 0.6) is 0 Å². The Morgan fingerprint density at radius 1 is 1.35 bits per heavy atom. The van der Waals surface area contributed by atoms with Crippen LogP contribution >= 0.6 is 0 Å². The molecule has 0 N–H and O–H groups in total. The average Bonchev–Trinajstić information content (AvgIpc) is 3.05. The molecule has 6 nitrogen and oxygen atoms in total. The highest BCUT2D eigenvalue weighted by Gasteiger charge is 2.43. The molecule has 0 bridgehead atoms. The zero-order chi connectivity index (χ0) is 14.1. The minimum atomic E-state index is -0.596. The third kappa shape index (κ3) is 2.03. The lowest BCUT2D eigenvalue weighted by Gasteiger charge is -2.19. The number of rotatable bonds is 2. The molecule has 0 spiro atoms. The maximum atomic E-state index is 12.5. The van der Waals surface area contributed by atoms with Crippen LogP contribution in [-0.4, -0.2) is 41.9 Å². The fourth-order valence-corrected chi connectivity index (χ4v) is 2.40. The molecule has 2 amide bonds. The van der Waals surface area contributed by atoms with Crippen LogP contribution in [0.4, 0.5) is 4.79 Å². The van der Waals surface area contributed by atoms with E-state index in [0.717, 1.165) is 10.5 Å². The van der Waals surface area contributed by atoms with E-state index in [1.54, 1.807) is 6.92 Å². The van der Waals surface area contributed by atoms with Gasteiger partial charge < -0.3 is 9.57 Å². The van der Waals surface area contributed by atoms with Crippen molar-refractivity contribution in [3.63, 3.8) is 0 Å². The van der Waals surface area contributed by atoms with Crippen molar-refractivity contribution in [3.8, 4) is 0 Å². The van der Waals surface area contributed by atoms with Gasteiger partial charge in [0.05, 0.1) is 6.54 Å². The van der Waals surface area contributed by atoms with E-state index in [0.29, 0.717) is 5.71 Å². The van der Waals surface area contributed by atoms with Crippen molar-refractivity contribution in [1.82, 2.24) is 4.90 Å². The molecule has 104 valence electrons. The topological polar surface area (TPSA) is 68.2 Å². The number of hydrogen-bond acceptors (Lipinski definition) is 5. The van der Waals surface area contributed by atoms with Crippen molar-refractivity contribution in [1.29, 1.82) is 0 Å². The Kier molecular flexibility index (Phi) is 3.14. The third-order valence-electron chi connectivity index (χ3n) is 3.44. The quantitative estimate of drug-likeness (QED) is 0.817. The van der Waals surface area contributed by atoms with Gasteiger partial charge in [0.15, 0.2) is 0 Å². The van der Waals surface area contributed by atoms with E-state index in [4.69, 9.17) is 9.57 Å². The first-order valence-corrected chi connectivity index (χ1v) is 6.46. The molecule has 1 saturated heterocycles. The van der Waals surface area contributed by atoms with E-state index in [-0.39, 0.29) is 19.1 Å².